The van der Waals surface area contributed by atoms with Gasteiger partial charge in [-0.1, -0.05) is 19.1 Å². The van der Waals surface area contributed by atoms with Gasteiger partial charge in [-0.25, -0.2) is 4.79 Å². The van der Waals surface area contributed by atoms with Crippen LogP contribution in [0.15, 0.2) is 33.5 Å². The Morgan fingerprint density at radius 2 is 2.20 bits per heavy atom. The molecule has 2 N–H and O–H groups in total. The van der Waals surface area contributed by atoms with Crippen molar-refractivity contribution in [3.05, 3.63) is 34.8 Å². The van der Waals surface area contributed by atoms with Crippen LogP contribution in [0.4, 0.5) is 0 Å². The lowest BCUT2D eigenvalue weighted by molar-refractivity contribution is 0.469. The monoisotopic (exact) mass is 206 g/mol. The van der Waals surface area contributed by atoms with Crippen molar-refractivity contribution < 1.29 is 4.42 Å². The van der Waals surface area contributed by atoms with Gasteiger partial charge in [0.2, 0.25) is 0 Å². The first-order valence-electron chi connectivity index (χ1n) is 5.06. The molecule has 1 aromatic heterocycles. The molecule has 1 heterocycles. The van der Waals surface area contributed by atoms with E-state index in [1.54, 1.807) is 10.6 Å². The van der Waals surface area contributed by atoms with Crippen LogP contribution in [0.5, 0.6) is 0 Å². The van der Waals surface area contributed by atoms with Gasteiger partial charge in [0.15, 0.2) is 5.58 Å². The van der Waals surface area contributed by atoms with Crippen LogP contribution >= 0.6 is 0 Å². The molecule has 1 atom stereocenters. The summed E-state index contributed by atoms with van der Waals surface area (Å²) < 4.78 is 6.68. The van der Waals surface area contributed by atoms with E-state index in [-0.39, 0.29) is 11.8 Å². The number of nitrogens with two attached hydrogens (primary N) is 1. The average Bonchev–Trinajstić information content (AvgIpc) is 2.55. The zero-order chi connectivity index (χ0) is 10.8. The van der Waals surface area contributed by atoms with Crippen LogP contribution in [0, 0.1) is 0 Å². The molecule has 0 aliphatic heterocycles. The maximum absolute atomic E-state index is 11.5. The number of benzene rings is 1. The van der Waals surface area contributed by atoms with Gasteiger partial charge in [-0.05, 0) is 18.6 Å². The van der Waals surface area contributed by atoms with Crippen LogP contribution < -0.4 is 11.5 Å². The molecule has 4 nitrogen and oxygen atoms in total. The number of aromatic nitrogens is 1. The molecule has 0 aliphatic carbocycles. The number of hydrogen-bond acceptors (Lipinski definition) is 3. The van der Waals surface area contributed by atoms with Gasteiger partial charge >= 0.3 is 5.76 Å². The van der Waals surface area contributed by atoms with Gasteiger partial charge < -0.3 is 10.2 Å². The minimum atomic E-state index is -0.333. The second-order valence-electron chi connectivity index (χ2n) is 3.61. The molecule has 0 saturated carbocycles. The van der Waals surface area contributed by atoms with Crippen molar-refractivity contribution in [2.24, 2.45) is 5.73 Å². The number of nitrogens with zero attached hydrogens (tertiary/aromatic N) is 1. The molecule has 0 spiro atoms. The van der Waals surface area contributed by atoms with Crippen LogP contribution in [0.25, 0.3) is 11.1 Å². The predicted octanol–water partition coefficient (Wildman–Crippen LogP) is 1.33. The SMILES string of the molecule is CCC(N)Cn1c(=O)oc2ccccc21. The van der Waals surface area contributed by atoms with E-state index in [0.717, 1.165) is 11.9 Å². The van der Waals surface area contributed by atoms with Gasteiger partial charge in [-0.3, -0.25) is 4.57 Å². The summed E-state index contributed by atoms with van der Waals surface area (Å²) in [5.74, 6) is -0.333. The second-order valence-corrected chi connectivity index (χ2v) is 3.61. The van der Waals surface area contributed by atoms with E-state index < -0.39 is 0 Å². The minimum absolute atomic E-state index is 0.0105. The maximum atomic E-state index is 11.5. The molecule has 0 aliphatic rings. The molecule has 2 rings (SSSR count). The Labute approximate surface area is 87.3 Å². The maximum Gasteiger partial charge on any atom is 0.420 e. The molecule has 0 fully saturated rings. The molecule has 0 radical (unpaired) electrons. The van der Waals surface area contributed by atoms with Gasteiger partial charge in [0.05, 0.1) is 5.52 Å². The fourth-order valence-electron chi connectivity index (χ4n) is 1.55. The van der Waals surface area contributed by atoms with Crippen molar-refractivity contribution in [1.29, 1.82) is 0 Å². The number of hydrogen-bond donors (Lipinski definition) is 1. The first kappa shape index (κ1) is 9.98. The predicted molar refractivity (Wildman–Crippen MR) is 58.7 cm³/mol. The molecule has 80 valence electrons. The van der Waals surface area contributed by atoms with Crippen molar-refractivity contribution in [3.8, 4) is 0 Å². The molecule has 0 amide bonds. The molecular formula is C11H14N2O2. The zero-order valence-corrected chi connectivity index (χ0v) is 8.64. The highest BCUT2D eigenvalue weighted by Gasteiger charge is 2.10. The summed E-state index contributed by atoms with van der Waals surface area (Å²) in [5.41, 5.74) is 7.25. The Bertz CT molecular complexity index is 513. The second kappa shape index (κ2) is 3.90. The van der Waals surface area contributed by atoms with Crippen molar-refractivity contribution in [3.63, 3.8) is 0 Å². The van der Waals surface area contributed by atoms with Crippen LogP contribution in [0.3, 0.4) is 0 Å². The van der Waals surface area contributed by atoms with Crippen molar-refractivity contribution in [2.75, 3.05) is 0 Å². The van der Waals surface area contributed by atoms with Gasteiger partial charge in [-0.2, -0.15) is 0 Å². The summed E-state index contributed by atoms with van der Waals surface area (Å²) in [6.07, 6.45) is 0.839. The molecule has 15 heavy (non-hydrogen) atoms. The highest BCUT2D eigenvalue weighted by molar-refractivity contribution is 5.72. The Morgan fingerprint density at radius 3 is 2.93 bits per heavy atom. The van der Waals surface area contributed by atoms with Crippen LogP contribution in [0.1, 0.15) is 13.3 Å². The molecule has 4 heteroatoms. The smallest absolute Gasteiger partial charge is 0.408 e. The molecular weight excluding hydrogens is 192 g/mol. The standard InChI is InChI=1S/C11H14N2O2/c1-2-8(12)7-13-9-5-3-4-6-10(9)15-11(13)14/h3-6,8H,2,7,12H2,1H3. The summed E-state index contributed by atoms with van der Waals surface area (Å²) in [6, 6.07) is 7.36. The minimum Gasteiger partial charge on any atom is -0.408 e. The first-order chi connectivity index (χ1) is 7.22. The van der Waals surface area contributed by atoms with E-state index in [0.29, 0.717) is 12.1 Å². The van der Waals surface area contributed by atoms with E-state index in [1.165, 1.54) is 0 Å². The van der Waals surface area contributed by atoms with E-state index in [4.69, 9.17) is 10.2 Å². The lowest BCUT2D eigenvalue weighted by atomic mass is 10.2. The van der Waals surface area contributed by atoms with E-state index in [9.17, 15) is 4.79 Å². The summed E-state index contributed by atoms with van der Waals surface area (Å²) in [5, 5.41) is 0. The number of rotatable bonds is 3. The van der Waals surface area contributed by atoms with Crippen LogP contribution in [-0.2, 0) is 6.54 Å². The van der Waals surface area contributed by atoms with Crippen LogP contribution in [-0.4, -0.2) is 10.6 Å². The highest BCUT2D eigenvalue weighted by Crippen LogP contribution is 2.11. The lowest BCUT2D eigenvalue weighted by Crippen LogP contribution is -2.29. The third kappa shape index (κ3) is 1.80. The highest BCUT2D eigenvalue weighted by atomic mass is 16.4. The summed E-state index contributed by atoms with van der Waals surface area (Å²) in [6.45, 7) is 2.50. The van der Waals surface area contributed by atoms with Gasteiger partial charge in [0, 0.05) is 12.6 Å². The lowest BCUT2D eigenvalue weighted by Gasteiger charge is -2.08. The van der Waals surface area contributed by atoms with Crippen molar-refractivity contribution in [2.45, 2.75) is 25.9 Å². The quantitative estimate of drug-likeness (QED) is 0.824. The first-order valence-corrected chi connectivity index (χ1v) is 5.06. The molecule has 0 saturated heterocycles. The Kier molecular flexibility index (Phi) is 2.60. The largest absolute Gasteiger partial charge is 0.420 e. The number of fused-ring (bicyclic) bond motifs is 1. The van der Waals surface area contributed by atoms with Crippen molar-refractivity contribution in [1.82, 2.24) is 4.57 Å². The normalized spacial score (nSPS) is 13.2. The fourth-order valence-corrected chi connectivity index (χ4v) is 1.55. The zero-order valence-electron chi connectivity index (χ0n) is 8.64. The summed E-state index contributed by atoms with van der Waals surface area (Å²) in [4.78, 5) is 11.5. The summed E-state index contributed by atoms with van der Waals surface area (Å²) in [7, 11) is 0. The third-order valence-electron chi connectivity index (χ3n) is 2.52. The van der Waals surface area contributed by atoms with E-state index >= 15 is 0 Å². The topological polar surface area (TPSA) is 61.2 Å². The third-order valence-corrected chi connectivity index (χ3v) is 2.52. The van der Waals surface area contributed by atoms with Gasteiger partial charge in [-0.15, -0.1) is 0 Å². The average molecular weight is 206 g/mol. The van der Waals surface area contributed by atoms with Crippen molar-refractivity contribution >= 4 is 11.1 Å². The van der Waals surface area contributed by atoms with E-state index in [1.807, 2.05) is 25.1 Å². The molecule has 1 aromatic carbocycles. The Balaban J connectivity index is 2.50. The Hall–Kier alpha value is -1.55. The van der Waals surface area contributed by atoms with Gasteiger partial charge in [0.1, 0.15) is 0 Å². The number of oxazole rings is 1. The summed E-state index contributed by atoms with van der Waals surface area (Å²) >= 11 is 0. The molecule has 2 aromatic rings. The molecule has 1 unspecified atom stereocenters. The van der Waals surface area contributed by atoms with Crippen LogP contribution in [0.2, 0.25) is 0 Å². The fraction of sp³-hybridized carbons (Fsp3) is 0.364. The number of para-hydroxylation sites is 2. The van der Waals surface area contributed by atoms with Gasteiger partial charge in [0.25, 0.3) is 0 Å². The Morgan fingerprint density at radius 1 is 1.47 bits per heavy atom. The molecule has 0 bridgehead atoms. The van der Waals surface area contributed by atoms with E-state index in [2.05, 4.69) is 0 Å².